The van der Waals surface area contributed by atoms with Crippen LogP contribution in [0.5, 0.6) is 23.0 Å². The van der Waals surface area contributed by atoms with Crippen LogP contribution in [0.1, 0.15) is 22.3 Å². The second-order valence-corrected chi connectivity index (χ2v) is 10.8. The second kappa shape index (κ2) is 20.3. The summed E-state index contributed by atoms with van der Waals surface area (Å²) in [5.41, 5.74) is 4.54. The van der Waals surface area contributed by atoms with Gasteiger partial charge >= 0.3 is 0 Å². The summed E-state index contributed by atoms with van der Waals surface area (Å²) >= 11 is 14.2. The Hall–Kier alpha value is -0.600. The maximum atomic E-state index is 6.01. The molecule has 40 heavy (non-hydrogen) atoms. The number of rotatable bonds is 4. The fourth-order valence-corrected chi connectivity index (χ4v) is 5.81. The van der Waals surface area contributed by atoms with Crippen molar-refractivity contribution in [1.82, 2.24) is 0 Å². The zero-order valence-electron chi connectivity index (χ0n) is 22.4. The molecule has 0 spiro atoms. The molecular formula is C28H36Br4O8. The molecule has 2 aromatic carbocycles. The molecule has 1 heterocycles. The van der Waals surface area contributed by atoms with Crippen molar-refractivity contribution in [1.29, 1.82) is 0 Å². The van der Waals surface area contributed by atoms with E-state index in [2.05, 4.69) is 63.7 Å². The second-order valence-electron chi connectivity index (χ2n) is 8.51. The van der Waals surface area contributed by atoms with E-state index in [9.17, 15) is 0 Å². The van der Waals surface area contributed by atoms with Gasteiger partial charge in [-0.15, -0.1) is 0 Å². The molecule has 3 rings (SSSR count). The quantitative estimate of drug-likeness (QED) is 0.322. The number of hydrogen-bond donors (Lipinski definition) is 0. The van der Waals surface area contributed by atoms with Gasteiger partial charge in [0.05, 0.1) is 52.9 Å². The van der Waals surface area contributed by atoms with Crippen molar-refractivity contribution in [3.05, 3.63) is 46.5 Å². The van der Waals surface area contributed by atoms with Crippen molar-refractivity contribution in [2.24, 2.45) is 0 Å². The smallest absolute Gasteiger partial charge is 0.161 e. The highest BCUT2D eigenvalue weighted by Crippen LogP contribution is 2.34. The minimum Gasteiger partial charge on any atom is -0.487 e. The first-order valence-corrected chi connectivity index (χ1v) is 17.6. The first-order valence-electron chi connectivity index (χ1n) is 13.1. The molecule has 0 aromatic heterocycles. The molecule has 0 aliphatic carbocycles. The van der Waals surface area contributed by atoms with Gasteiger partial charge in [0.25, 0.3) is 0 Å². The molecule has 1 aliphatic rings. The van der Waals surface area contributed by atoms with Crippen LogP contribution in [0.3, 0.4) is 0 Å². The van der Waals surface area contributed by atoms with E-state index in [1.54, 1.807) is 0 Å². The van der Waals surface area contributed by atoms with Crippen LogP contribution in [0.4, 0.5) is 0 Å². The van der Waals surface area contributed by atoms with Crippen molar-refractivity contribution < 1.29 is 37.9 Å². The minimum absolute atomic E-state index is 0.395. The summed E-state index contributed by atoms with van der Waals surface area (Å²) in [5, 5.41) is 2.88. The molecular weight excluding hydrogens is 784 g/mol. The Labute approximate surface area is 270 Å². The van der Waals surface area contributed by atoms with Crippen LogP contribution >= 0.6 is 63.7 Å². The van der Waals surface area contributed by atoms with Crippen LogP contribution in [-0.4, -0.2) is 79.3 Å². The lowest BCUT2D eigenvalue weighted by molar-refractivity contribution is 0.0223. The Morgan fingerprint density at radius 2 is 0.550 bits per heavy atom. The lowest BCUT2D eigenvalue weighted by atomic mass is 10.1. The molecule has 0 amide bonds. The van der Waals surface area contributed by atoms with Crippen molar-refractivity contribution in [3.63, 3.8) is 0 Å². The molecule has 2 aromatic rings. The van der Waals surface area contributed by atoms with E-state index in [0.29, 0.717) is 102 Å². The molecule has 0 N–H and O–H groups in total. The molecule has 0 saturated heterocycles. The van der Waals surface area contributed by atoms with Gasteiger partial charge in [0.2, 0.25) is 0 Å². The van der Waals surface area contributed by atoms with Crippen LogP contribution in [0.2, 0.25) is 0 Å². The van der Waals surface area contributed by atoms with Gasteiger partial charge in [-0.25, -0.2) is 0 Å². The molecule has 1 aliphatic heterocycles. The summed E-state index contributed by atoms with van der Waals surface area (Å²) in [6.07, 6.45) is 0. The molecule has 12 heteroatoms. The molecule has 0 unspecified atom stereocenters. The molecule has 0 bridgehead atoms. The minimum atomic E-state index is 0.395. The molecule has 0 radical (unpaired) electrons. The molecule has 0 saturated carbocycles. The van der Waals surface area contributed by atoms with E-state index >= 15 is 0 Å². The maximum absolute atomic E-state index is 6.01. The third kappa shape index (κ3) is 11.6. The van der Waals surface area contributed by atoms with Crippen LogP contribution < -0.4 is 18.9 Å². The maximum Gasteiger partial charge on any atom is 0.161 e. The summed E-state index contributed by atoms with van der Waals surface area (Å²) < 4.78 is 46.8. The predicted octanol–water partition coefficient (Wildman–Crippen LogP) is 6.56. The summed E-state index contributed by atoms with van der Waals surface area (Å²) in [5.74, 6) is 2.72. The van der Waals surface area contributed by atoms with Gasteiger partial charge in [0.15, 0.2) is 23.0 Å². The Morgan fingerprint density at radius 1 is 0.350 bits per heavy atom. The average molecular weight is 820 g/mol. The van der Waals surface area contributed by atoms with Crippen LogP contribution in [0.15, 0.2) is 24.3 Å². The number of fused-ring (bicyclic) bond motifs is 2. The number of hydrogen-bond acceptors (Lipinski definition) is 8. The SMILES string of the molecule is BrCc1cc2c(cc1CBr)OCCOCCOCCOc1cc(CBr)c(CBr)cc1OCCOCCOCCO2. The van der Waals surface area contributed by atoms with E-state index in [1.165, 1.54) is 0 Å². The van der Waals surface area contributed by atoms with Crippen LogP contribution in [0, 0.1) is 0 Å². The number of alkyl halides is 4. The van der Waals surface area contributed by atoms with E-state index in [4.69, 9.17) is 37.9 Å². The normalized spacial score (nSPS) is 17.1. The summed E-state index contributed by atoms with van der Waals surface area (Å²) in [6, 6.07) is 8.02. The van der Waals surface area contributed by atoms with Gasteiger partial charge < -0.3 is 37.9 Å². The monoisotopic (exact) mass is 816 g/mol. The number of ether oxygens (including phenoxy) is 8. The highest BCUT2D eigenvalue weighted by molar-refractivity contribution is 9.09. The highest BCUT2D eigenvalue weighted by atomic mass is 79.9. The Morgan fingerprint density at radius 3 is 0.750 bits per heavy atom. The van der Waals surface area contributed by atoms with Crippen LogP contribution in [-0.2, 0) is 40.3 Å². The third-order valence-electron chi connectivity index (χ3n) is 5.79. The van der Waals surface area contributed by atoms with Crippen molar-refractivity contribution in [3.8, 4) is 23.0 Å². The highest BCUT2D eigenvalue weighted by Gasteiger charge is 2.13. The molecule has 0 fully saturated rings. The van der Waals surface area contributed by atoms with Crippen molar-refractivity contribution in [2.45, 2.75) is 21.3 Å². The van der Waals surface area contributed by atoms with Gasteiger partial charge in [0, 0.05) is 21.3 Å². The van der Waals surface area contributed by atoms with Gasteiger partial charge in [-0.2, -0.15) is 0 Å². The van der Waals surface area contributed by atoms with Gasteiger partial charge in [0.1, 0.15) is 26.4 Å². The first-order chi connectivity index (χ1) is 19.7. The summed E-state index contributed by atoms with van der Waals surface area (Å²) in [4.78, 5) is 0. The van der Waals surface area contributed by atoms with E-state index in [0.717, 1.165) is 43.6 Å². The first kappa shape index (κ1) is 33.9. The number of halogens is 4. The largest absolute Gasteiger partial charge is 0.487 e. The molecule has 8 nitrogen and oxygen atoms in total. The third-order valence-corrected chi connectivity index (χ3v) is 8.21. The zero-order chi connectivity index (χ0) is 28.4. The fourth-order valence-electron chi connectivity index (χ4n) is 3.72. The summed E-state index contributed by atoms with van der Waals surface area (Å²) in [6.45, 7) is 5.15. The number of benzene rings is 2. The average Bonchev–Trinajstić information content (AvgIpc) is 2.98. The topological polar surface area (TPSA) is 73.8 Å². The molecule has 0 atom stereocenters. The van der Waals surface area contributed by atoms with E-state index in [1.807, 2.05) is 24.3 Å². The van der Waals surface area contributed by atoms with Crippen molar-refractivity contribution >= 4 is 63.7 Å². The predicted molar refractivity (Wildman–Crippen MR) is 169 cm³/mol. The standard InChI is InChI=1S/C28H36Br4O8/c29-17-21-13-25-26(14-22(21)18-30)39-11-7-35-3-4-36-8-12-40-28-16-24(20-32)23(19-31)15-27(28)38-10-6-34-2-1-33-5-9-37-25/h13-16H,1-12,17-20H2. The Kier molecular flexibility index (Phi) is 17.2. The van der Waals surface area contributed by atoms with Gasteiger partial charge in [-0.1, -0.05) is 63.7 Å². The lowest BCUT2D eigenvalue weighted by Crippen LogP contribution is -2.16. The summed E-state index contributed by atoms with van der Waals surface area (Å²) in [7, 11) is 0. The fraction of sp³-hybridized carbons (Fsp3) is 0.571. The zero-order valence-corrected chi connectivity index (χ0v) is 28.7. The Balaban J connectivity index is 1.58. The van der Waals surface area contributed by atoms with E-state index < -0.39 is 0 Å². The van der Waals surface area contributed by atoms with Gasteiger partial charge in [-0.05, 0) is 46.5 Å². The Bertz CT molecular complexity index is 853. The lowest BCUT2D eigenvalue weighted by Gasteiger charge is -2.17. The van der Waals surface area contributed by atoms with E-state index in [-0.39, 0.29) is 0 Å². The molecule has 224 valence electrons. The van der Waals surface area contributed by atoms with Crippen molar-refractivity contribution in [2.75, 3.05) is 79.3 Å². The van der Waals surface area contributed by atoms with Crippen LogP contribution in [0.25, 0.3) is 0 Å². The van der Waals surface area contributed by atoms with Gasteiger partial charge in [-0.3, -0.25) is 0 Å².